The van der Waals surface area contributed by atoms with Crippen LogP contribution in [0.5, 0.6) is 5.75 Å². The SMILES string of the molecule is CC(=O)C1=C(O)[C@]2(O)C(=O)C3=C(O)c4c(O)ccc(CCC(=O)c5ccccc5)c4C[C@]3(C)C[C@]2(C)C(C(C)C)C1=O. The molecule has 0 heterocycles. The highest BCUT2D eigenvalue weighted by molar-refractivity contribution is 6.24. The number of aromatic hydroxyl groups is 1. The number of rotatable bonds is 6. The topological polar surface area (TPSA) is 149 Å². The van der Waals surface area contributed by atoms with Crippen molar-refractivity contribution in [2.75, 3.05) is 0 Å². The summed E-state index contributed by atoms with van der Waals surface area (Å²) in [5, 5.41) is 45.9. The number of carbonyl (C=O) groups excluding carboxylic acids is 4. The molecule has 8 heteroatoms. The fourth-order valence-electron chi connectivity index (χ4n) is 8.03. The van der Waals surface area contributed by atoms with Gasteiger partial charge in [0.15, 0.2) is 23.0 Å². The molecule has 0 bridgehead atoms. The molecule has 3 aliphatic carbocycles. The van der Waals surface area contributed by atoms with Crippen LogP contribution >= 0.6 is 0 Å². The van der Waals surface area contributed by atoms with Crippen molar-refractivity contribution < 1.29 is 39.6 Å². The molecule has 0 aliphatic heterocycles. The molecule has 0 spiro atoms. The Hall–Kier alpha value is -4.04. The summed E-state index contributed by atoms with van der Waals surface area (Å²) in [7, 11) is 0. The molecule has 3 aliphatic rings. The van der Waals surface area contributed by atoms with E-state index in [2.05, 4.69) is 0 Å². The van der Waals surface area contributed by atoms with Crippen molar-refractivity contribution in [2.24, 2.45) is 22.7 Å². The average molecular weight is 573 g/mol. The maximum absolute atomic E-state index is 14.4. The highest BCUT2D eigenvalue weighted by Gasteiger charge is 2.72. The zero-order valence-corrected chi connectivity index (χ0v) is 24.4. The summed E-state index contributed by atoms with van der Waals surface area (Å²) < 4.78 is 0. The van der Waals surface area contributed by atoms with E-state index in [-0.39, 0.29) is 41.9 Å². The van der Waals surface area contributed by atoms with Crippen molar-refractivity contribution in [1.29, 1.82) is 0 Å². The van der Waals surface area contributed by atoms with Gasteiger partial charge in [-0.15, -0.1) is 0 Å². The number of hydrogen-bond acceptors (Lipinski definition) is 8. The molecule has 220 valence electrons. The van der Waals surface area contributed by atoms with Crippen molar-refractivity contribution in [3.63, 3.8) is 0 Å². The van der Waals surface area contributed by atoms with Gasteiger partial charge in [0, 0.05) is 34.3 Å². The van der Waals surface area contributed by atoms with Crippen LogP contribution in [0.3, 0.4) is 0 Å². The summed E-state index contributed by atoms with van der Waals surface area (Å²) in [4.78, 5) is 53.3. The van der Waals surface area contributed by atoms with Gasteiger partial charge in [0.2, 0.25) is 5.78 Å². The summed E-state index contributed by atoms with van der Waals surface area (Å²) >= 11 is 0. The van der Waals surface area contributed by atoms with Gasteiger partial charge in [0.25, 0.3) is 0 Å². The number of aryl methyl sites for hydroxylation is 1. The normalized spacial score (nSPS) is 28.9. The Labute approximate surface area is 244 Å². The van der Waals surface area contributed by atoms with E-state index in [4.69, 9.17) is 0 Å². The van der Waals surface area contributed by atoms with Gasteiger partial charge in [-0.05, 0) is 49.3 Å². The minimum Gasteiger partial charge on any atom is -0.508 e. The number of hydrogen-bond donors (Lipinski definition) is 4. The molecule has 0 saturated heterocycles. The van der Waals surface area contributed by atoms with Crippen molar-refractivity contribution >= 4 is 28.9 Å². The summed E-state index contributed by atoms with van der Waals surface area (Å²) in [6.45, 7) is 7.97. The molecule has 0 amide bonds. The zero-order chi connectivity index (χ0) is 30.9. The maximum Gasteiger partial charge on any atom is 0.203 e. The van der Waals surface area contributed by atoms with Crippen molar-refractivity contribution in [3.05, 3.63) is 81.6 Å². The van der Waals surface area contributed by atoms with Gasteiger partial charge in [-0.1, -0.05) is 64.1 Å². The molecule has 1 fully saturated rings. The summed E-state index contributed by atoms with van der Waals surface area (Å²) in [6.07, 6.45) is 0.694. The van der Waals surface area contributed by atoms with Crippen LogP contribution in [-0.2, 0) is 27.2 Å². The van der Waals surface area contributed by atoms with Crippen molar-refractivity contribution in [1.82, 2.24) is 0 Å². The van der Waals surface area contributed by atoms with Crippen LogP contribution in [0.4, 0.5) is 0 Å². The Balaban J connectivity index is 1.67. The van der Waals surface area contributed by atoms with Gasteiger partial charge in [-0.2, -0.15) is 0 Å². The predicted octanol–water partition coefficient (Wildman–Crippen LogP) is 5.01. The molecule has 8 nitrogen and oxygen atoms in total. The van der Waals surface area contributed by atoms with Crippen LogP contribution in [0.25, 0.3) is 5.76 Å². The summed E-state index contributed by atoms with van der Waals surface area (Å²) in [5.74, 6) is -5.61. The Morgan fingerprint density at radius 2 is 1.64 bits per heavy atom. The Kier molecular flexibility index (Phi) is 6.85. The highest BCUT2D eigenvalue weighted by Crippen LogP contribution is 2.65. The number of allylic oxidation sites excluding steroid dienone is 1. The predicted molar refractivity (Wildman–Crippen MR) is 155 cm³/mol. The third kappa shape index (κ3) is 3.91. The Morgan fingerprint density at radius 3 is 2.24 bits per heavy atom. The van der Waals surface area contributed by atoms with Crippen LogP contribution in [0, 0.1) is 22.7 Å². The number of phenolic OH excluding ortho intramolecular Hbond substituents is 1. The smallest absolute Gasteiger partial charge is 0.203 e. The first-order valence-electron chi connectivity index (χ1n) is 14.2. The fraction of sp³-hybridized carbons (Fsp3) is 0.412. The standard InChI is InChI=1S/C34H36O8/c1-17(2)26-28(38)24(18(3)35)30(40)34(42)31(41)27-29(39)25-21(15-32(27,4)16-33(26,34)5)19(12-14-23(25)37)11-13-22(36)20-9-7-6-8-10-20/h6-10,12,14,17,26,37,39-40,42H,11,13,15-16H2,1-5H3/t26?,32-,33-,34+/m1/s1. The molecule has 1 saturated carbocycles. The van der Waals surface area contributed by atoms with Crippen LogP contribution < -0.4 is 0 Å². The van der Waals surface area contributed by atoms with Gasteiger partial charge in [-0.25, -0.2) is 0 Å². The number of Topliss-reactive ketones (excluding diaryl/α,β-unsaturated/α-hetero) is 4. The molecule has 0 aromatic heterocycles. The quantitative estimate of drug-likeness (QED) is 0.279. The van der Waals surface area contributed by atoms with E-state index >= 15 is 0 Å². The molecular formula is C34H36O8. The van der Waals surface area contributed by atoms with Gasteiger partial charge in [0.1, 0.15) is 22.8 Å². The number of benzene rings is 2. The number of aliphatic hydroxyl groups is 3. The second-order valence-corrected chi connectivity index (χ2v) is 12.8. The number of ketones is 4. The second-order valence-electron chi connectivity index (χ2n) is 12.8. The molecular weight excluding hydrogens is 536 g/mol. The molecule has 4 atom stereocenters. The van der Waals surface area contributed by atoms with E-state index in [1.807, 2.05) is 6.07 Å². The van der Waals surface area contributed by atoms with Crippen molar-refractivity contribution in [2.45, 2.75) is 65.9 Å². The number of carbonyl (C=O) groups is 4. The first kappa shape index (κ1) is 29.5. The number of aliphatic hydroxyl groups excluding tert-OH is 2. The lowest BCUT2D eigenvalue weighted by atomic mass is 9.43. The average Bonchev–Trinajstić information content (AvgIpc) is 2.90. The van der Waals surface area contributed by atoms with Gasteiger partial charge < -0.3 is 20.4 Å². The van der Waals surface area contributed by atoms with Gasteiger partial charge in [-0.3, -0.25) is 19.2 Å². The van der Waals surface area contributed by atoms with E-state index in [1.54, 1.807) is 58.0 Å². The number of fused-ring (bicyclic) bond motifs is 3. The lowest BCUT2D eigenvalue weighted by Gasteiger charge is -2.59. The highest BCUT2D eigenvalue weighted by atomic mass is 16.3. The lowest BCUT2D eigenvalue weighted by molar-refractivity contribution is -0.178. The van der Waals surface area contributed by atoms with Gasteiger partial charge >= 0.3 is 0 Å². The lowest BCUT2D eigenvalue weighted by Crippen LogP contribution is -2.69. The second kappa shape index (κ2) is 9.76. The van der Waals surface area contributed by atoms with E-state index in [9.17, 15) is 39.6 Å². The largest absolute Gasteiger partial charge is 0.508 e. The molecule has 1 unspecified atom stereocenters. The molecule has 2 aromatic carbocycles. The maximum atomic E-state index is 14.4. The Bertz CT molecular complexity index is 1610. The first-order valence-corrected chi connectivity index (χ1v) is 14.2. The molecule has 0 radical (unpaired) electrons. The van der Waals surface area contributed by atoms with Crippen LogP contribution in [0.15, 0.2) is 59.4 Å². The first-order chi connectivity index (χ1) is 19.6. The molecule has 5 rings (SSSR count). The van der Waals surface area contributed by atoms with Gasteiger partial charge in [0.05, 0.1) is 5.56 Å². The Morgan fingerprint density at radius 1 is 1.00 bits per heavy atom. The molecule has 2 aromatic rings. The fourth-order valence-corrected chi connectivity index (χ4v) is 8.03. The molecule has 42 heavy (non-hydrogen) atoms. The minimum atomic E-state index is -2.65. The third-order valence-electron chi connectivity index (χ3n) is 9.70. The molecule has 4 N–H and O–H groups in total. The minimum absolute atomic E-state index is 0.0168. The monoisotopic (exact) mass is 572 g/mol. The van der Waals surface area contributed by atoms with E-state index in [0.29, 0.717) is 17.5 Å². The van der Waals surface area contributed by atoms with E-state index in [1.165, 1.54) is 6.07 Å². The third-order valence-corrected chi connectivity index (χ3v) is 9.70. The van der Waals surface area contributed by atoms with Crippen LogP contribution in [-0.4, -0.2) is 49.2 Å². The van der Waals surface area contributed by atoms with E-state index < -0.39 is 62.7 Å². The summed E-state index contributed by atoms with van der Waals surface area (Å²) in [6, 6.07) is 12.0. The van der Waals surface area contributed by atoms with E-state index in [0.717, 1.165) is 12.5 Å². The van der Waals surface area contributed by atoms with Crippen LogP contribution in [0.2, 0.25) is 0 Å². The van der Waals surface area contributed by atoms with Crippen LogP contribution in [0.1, 0.15) is 74.5 Å². The number of phenols is 1. The zero-order valence-electron chi connectivity index (χ0n) is 24.4. The van der Waals surface area contributed by atoms with Crippen molar-refractivity contribution in [3.8, 4) is 5.75 Å². The summed E-state index contributed by atoms with van der Waals surface area (Å²) in [5.41, 5.74) is -4.14.